The zero-order valence-electron chi connectivity index (χ0n) is 24.9. The van der Waals surface area contributed by atoms with E-state index in [0.717, 1.165) is 34.0 Å². The number of nitrogens with one attached hydrogen (secondary N) is 1. The minimum Gasteiger partial charge on any atom is -0.480 e. The fourth-order valence-corrected chi connectivity index (χ4v) is 5.53. The van der Waals surface area contributed by atoms with Crippen LogP contribution < -0.4 is 10.2 Å². The van der Waals surface area contributed by atoms with Gasteiger partial charge >= 0.3 is 5.97 Å². The monoisotopic (exact) mass is 618 g/mol. The van der Waals surface area contributed by atoms with Crippen molar-refractivity contribution in [1.82, 2.24) is 5.32 Å². The lowest BCUT2D eigenvalue weighted by molar-refractivity contribution is -0.139. The molecule has 4 rings (SSSR count). The molecule has 6 nitrogen and oxygen atoms in total. The van der Waals surface area contributed by atoms with Crippen molar-refractivity contribution in [3.05, 3.63) is 124 Å². The van der Waals surface area contributed by atoms with Crippen LogP contribution in [0.25, 0.3) is 11.1 Å². The molecule has 0 heterocycles. The van der Waals surface area contributed by atoms with E-state index in [2.05, 4.69) is 5.32 Å². The second-order valence-electron chi connectivity index (χ2n) is 10.7. The number of hydrogen-bond donors (Lipinski definition) is 3. The number of aliphatic carboxylic acids is 1. The Hall–Kier alpha value is -4.21. The molecule has 4 aromatic carbocycles. The Balaban J connectivity index is 1.74. The first-order chi connectivity index (χ1) is 21.0. The molecule has 0 saturated carbocycles. The number of anilines is 1. The number of thioether (sulfide) groups is 1. The summed E-state index contributed by atoms with van der Waals surface area (Å²) in [5.74, 6) is -2.32. The highest BCUT2D eigenvalue weighted by molar-refractivity contribution is 7.98. The van der Waals surface area contributed by atoms with Gasteiger partial charge < -0.3 is 20.4 Å². The summed E-state index contributed by atoms with van der Waals surface area (Å²) in [6.45, 7) is 4.14. The molecule has 0 saturated heterocycles. The summed E-state index contributed by atoms with van der Waals surface area (Å²) in [4.78, 5) is 27.3. The largest absolute Gasteiger partial charge is 0.480 e. The summed E-state index contributed by atoms with van der Waals surface area (Å²) in [7, 11) is 0. The van der Waals surface area contributed by atoms with E-state index >= 15 is 0 Å². The second-order valence-corrected chi connectivity index (χ2v) is 11.7. The number of carboxylic acids is 1. The summed E-state index contributed by atoms with van der Waals surface area (Å²) < 4.78 is 28.2. The van der Waals surface area contributed by atoms with E-state index < -0.39 is 35.7 Å². The molecule has 0 spiro atoms. The van der Waals surface area contributed by atoms with E-state index in [1.54, 1.807) is 31.2 Å². The molecule has 0 aliphatic carbocycles. The number of aliphatic hydroxyl groups is 1. The second kappa shape index (κ2) is 15.0. The number of halogens is 2. The average Bonchev–Trinajstić information content (AvgIpc) is 2.98. The van der Waals surface area contributed by atoms with Crippen LogP contribution in [-0.2, 0) is 17.9 Å². The van der Waals surface area contributed by atoms with Gasteiger partial charge in [0, 0.05) is 30.4 Å². The van der Waals surface area contributed by atoms with Crippen LogP contribution in [0, 0.1) is 18.6 Å². The number of rotatable bonds is 13. The maximum atomic E-state index is 14.1. The Bertz CT molecular complexity index is 1590. The van der Waals surface area contributed by atoms with Crippen LogP contribution in [0.1, 0.15) is 52.1 Å². The number of aliphatic hydroxyl groups excluding tert-OH is 1. The van der Waals surface area contributed by atoms with Gasteiger partial charge in [0.25, 0.3) is 5.91 Å². The van der Waals surface area contributed by atoms with Gasteiger partial charge in [-0.15, -0.1) is 0 Å². The SMILES string of the molecule is CSCC[C@H](NC(=O)c1ccc(CN(Cc2cc(F)cc(F)c2)c2ccc(C(C)O)cc2)cc1-c1ccccc1C)C(=O)O. The number of hydrogen-bond acceptors (Lipinski definition) is 5. The summed E-state index contributed by atoms with van der Waals surface area (Å²) in [6.07, 6.45) is 1.53. The van der Waals surface area contributed by atoms with E-state index in [4.69, 9.17) is 0 Å². The Morgan fingerprint density at radius 3 is 2.16 bits per heavy atom. The Morgan fingerprint density at radius 1 is 0.886 bits per heavy atom. The molecule has 1 unspecified atom stereocenters. The normalized spacial score (nSPS) is 12.4. The summed E-state index contributed by atoms with van der Waals surface area (Å²) in [5, 5.41) is 22.4. The molecule has 2 atom stereocenters. The summed E-state index contributed by atoms with van der Waals surface area (Å²) in [5.41, 5.74) is 5.55. The minimum atomic E-state index is -1.09. The molecule has 0 fully saturated rings. The van der Waals surface area contributed by atoms with Gasteiger partial charge in [-0.3, -0.25) is 4.79 Å². The molecular weight excluding hydrogens is 582 g/mol. The van der Waals surface area contributed by atoms with Crippen molar-refractivity contribution in [2.45, 2.75) is 45.5 Å². The molecule has 44 heavy (non-hydrogen) atoms. The van der Waals surface area contributed by atoms with Crippen molar-refractivity contribution < 1.29 is 28.6 Å². The number of amides is 1. The highest BCUT2D eigenvalue weighted by Crippen LogP contribution is 2.30. The highest BCUT2D eigenvalue weighted by atomic mass is 32.2. The van der Waals surface area contributed by atoms with Crippen LogP contribution in [-0.4, -0.2) is 40.1 Å². The quantitative estimate of drug-likeness (QED) is 0.148. The number of benzene rings is 4. The highest BCUT2D eigenvalue weighted by Gasteiger charge is 2.23. The van der Waals surface area contributed by atoms with Crippen LogP contribution >= 0.6 is 11.8 Å². The zero-order chi connectivity index (χ0) is 31.8. The first kappa shape index (κ1) is 32.7. The van der Waals surface area contributed by atoms with Crippen LogP contribution in [0.3, 0.4) is 0 Å². The predicted molar refractivity (Wildman–Crippen MR) is 172 cm³/mol. The van der Waals surface area contributed by atoms with Gasteiger partial charge in [0.1, 0.15) is 17.7 Å². The summed E-state index contributed by atoms with van der Waals surface area (Å²) in [6, 6.07) is 22.7. The van der Waals surface area contributed by atoms with Gasteiger partial charge in [-0.25, -0.2) is 13.6 Å². The fourth-order valence-electron chi connectivity index (χ4n) is 5.06. The number of carbonyl (C=O) groups excluding carboxylic acids is 1. The minimum absolute atomic E-state index is 0.195. The third-order valence-corrected chi connectivity index (χ3v) is 8.03. The van der Waals surface area contributed by atoms with Crippen LogP contribution in [0.5, 0.6) is 0 Å². The number of carbonyl (C=O) groups is 2. The predicted octanol–water partition coefficient (Wildman–Crippen LogP) is 7.14. The first-order valence-corrected chi connectivity index (χ1v) is 15.6. The van der Waals surface area contributed by atoms with Crippen LogP contribution in [0.4, 0.5) is 14.5 Å². The maximum absolute atomic E-state index is 14.1. The smallest absolute Gasteiger partial charge is 0.326 e. The topological polar surface area (TPSA) is 89.9 Å². The molecule has 0 aromatic heterocycles. The Morgan fingerprint density at radius 2 is 1.55 bits per heavy atom. The molecule has 0 bridgehead atoms. The van der Waals surface area contributed by atoms with Gasteiger partial charge in [0.15, 0.2) is 0 Å². The summed E-state index contributed by atoms with van der Waals surface area (Å²) >= 11 is 1.51. The van der Waals surface area contributed by atoms with E-state index in [1.807, 2.05) is 60.5 Å². The van der Waals surface area contributed by atoms with Crippen molar-refractivity contribution in [2.24, 2.45) is 0 Å². The lowest BCUT2D eigenvalue weighted by Gasteiger charge is -2.26. The molecule has 0 radical (unpaired) electrons. The standard InChI is InChI=1S/C35H36F2N2O4S/c1-22-6-4-5-7-30(22)32-18-24(8-13-31(32)34(41)38-33(35(42)43)14-15-44-3)20-39(21-25-16-27(36)19-28(37)17-25)29-11-9-26(10-12-29)23(2)40/h4-13,16-19,23,33,40H,14-15,20-21H2,1-3H3,(H,38,41)(H,42,43)/t23?,33-/m0/s1. The van der Waals surface area contributed by atoms with Crippen LogP contribution in [0.15, 0.2) is 84.9 Å². The van der Waals surface area contributed by atoms with Crippen molar-refractivity contribution in [3.63, 3.8) is 0 Å². The van der Waals surface area contributed by atoms with Gasteiger partial charge in [-0.1, -0.05) is 42.5 Å². The molecule has 3 N–H and O–H groups in total. The number of carboxylic acid groups (broad SMARTS) is 1. The molecule has 230 valence electrons. The van der Waals surface area contributed by atoms with E-state index in [1.165, 1.54) is 23.9 Å². The third kappa shape index (κ3) is 8.45. The van der Waals surface area contributed by atoms with Crippen molar-refractivity contribution in [1.29, 1.82) is 0 Å². The van der Waals surface area contributed by atoms with Gasteiger partial charge in [0.05, 0.1) is 6.10 Å². The molecule has 1 amide bonds. The van der Waals surface area contributed by atoms with Crippen molar-refractivity contribution >= 4 is 29.3 Å². The number of nitrogens with zero attached hydrogens (tertiary/aromatic N) is 1. The molecule has 9 heteroatoms. The average molecular weight is 619 g/mol. The molecular formula is C35H36F2N2O4S. The van der Waals surface area contributed by atoms with E-state index in [9.17, 15) is 28.6 Å². The molecule has 0 aliphatic rings. The van der Waals surface area contributed by atoms with Gasteiger partial charge in [-0.2, -0.15) is 11.8 Å². The lowest BCUT2D eigenvalue weighted by atomic mass is 9.93. The maximum Gasteiger partial charge on any atom is 0.326 e. The number of aryl methyl sites for hydroxylation is 1. The Labute approximate surface area is 260 Å². The third-order valence-electron chi connectivity index (χ3n) is 7.39. The van der Waals surface area contributed by atoms with Crippen LogP contribution in [0.2, 0.25) is 0 Å². The Kier molecular flexibility index (Phi) is 11.1. The zero-order valence-corrected chi connectivity index (χ0v) is 25.7. The molecule has 4 aromatic rings. The van der Waals surface area contributed by atoms with Gasteiger partial charge in [-0.05, 0) is 102 Å². The lowest BCUT2D eigenvalue weighted by Crippen LogP contribution is -2.41. The molecule has 0 aliphatic heterocycles. The van der Waals surface area contributed by atoms with E-state index in [0.29, 0.717) is 35.4 Å². The fraction of sp³-hybridized carbons (Fsp3) is 0.257. The first-order valence-electron chi connectivity index (χ1n) is 14.2. The van der Waals surface area contributed by atoms with Crippen molar-refractivity contribution in [3.8, 4) is 11.1 Å². The van der Waals surface area contributed by atoms with E-state index in [-0.39, 0.29) is 6.54 Å². The van der Waals surface area contributed by atoms with Crippen molar-refractivity contribution in [2.75, 3.05) is 16.9 Å². The van der Waals surface area contributed by atoms with Gasteiger partial charge in [0.2, 0.25) is 0 Å².